The van der Waals surface area contributed by atoms with E-state index in [1.165, 1.54) is 12.0 Å². The first-order valence-electron chi connectivity index (χ1n) is 11.9. The summed E-state index contributed by atoms with van der Waals surface area (Å²) < 4.78 is 11.7. The second-order valence-electron chi connectivity index (χ2n) is 8.83. The molecule has 1 aromatic carbocycles. The Hall–Kier alpha value is -2.44. The first-order valence-corrected chi connectivity index (χ1v) is 11.9. The van der Waals surface area contributed by atoms with Crippen LogP contribution in [0.15, 0.2) is 36.4 Å². The number of likely N-dealkylation sites (tertiary alicyclic amines) is 1. The fourth-order valence-corrected chi connectivity index (χ4v) is 4.86. The molecule has 1 fully saturated rings. The lowest BCUT2D eigenvalue weighted by atomic mass is 10.0. The van der Waals surface area contributed by atoms with Crippen molar-refractivity contribution in [1.82, 2.24) is 9.88 Å². The number of Topliss-reactive ketones (excluding diaryl/α,β-unsaturated/α-hetero) is 1. The largest absolute Gasteiger partial charge is 0.496 e. The Balaban J connectivity index is 1.22. The van der Waals surface area contributed by atoms with Gasteiger partial charge in [-0.25, -0.2) is 4.98 Å². The molecule has 0 unspecified atom stereocenters. The zero-order chi connectivity index (χ0) is 22.3. The van der Waals surface area contributed by atoms with Gasteiger partial charge in [0.2, 0.25) is 0 Å². The second kappa shape index (κ2) is 10.9. The molecule has 0 aliphatic carbocycles. The predicted molar refractivity (Wildman–Crippen MR) is 126 cm³/mol. The van der Waals surface area contributed by atoms with Gasteiger partial charge in [-0.3, -0.25) is 9.69 Å². The summed E-state index contributed by atoms with van der Waals surface area (Å²) in [7, 11) is 1.65. The molecule has 32 heavy (non-hydrogen) atoms. The molecule has 0 amide bonds. The molecule has 172 valence electrons. The second-order valence-corrected chi connectivity index (χ2v) is 8.83. The minimum atomic E-state index is -0.275. The molecule has 0 saturated carbocycles. The Morgan fingerprint density at radius 3 is 2.97 bits per heavy atom. The molecule has 4 rings (SSSR count). The van der Waals surface area contributed by atoms with Gasteiger partial charge >= 0.3 is 0 Å². The van der Waals surface area contributed by atoms with Gasteiger partial charge in [0.05, 0.1) is 19.3 Å². The van der Waals surface area contributed by atoms with Gasteiger partial charge in [0, 0.05) is 37.5 Å². The maximum Gasteiger partial charge on any atom is 0.151 e. The van der Waals surface area contributed by atoms with Crippen LogP contribution in [0.4, 0.5) is 5.82 Å². The van der Waals surface area contributed by atoms with Gasteiger partial charge in [0.25, 0.3) is 0 Å². The summed E-state index contributed by atoms with van der Waals surface area (Å²) in [5.41, 5.74) is 3.44. The number of nitrogens with one attached hydrogen (secondary N) is 1. The number of ketones is 1. The predicted octanol–water partition coefficient (Wildman–Crippen LogP) is 4.19. The Kier molecular flexibility index (Phi) is 7.76. The number of nitrogens with zero attached hydrogens (tertiary/aromatic N) is 2. The van der Waals surface area contributed by atoms with Gasteiger partial charge in [-0.1, -0.05) is 24.3 Å². The summed E-state index contributed by atoms with van der Waals surface area (Å²) in [5, 5.41) is 3.41. The average molecular weight is 438 g/mol. The highest BCUT2D eigenvalue weighted by Crippen LogP contribution is 2.33. The number of aromatic nitrogens is 1. The van der Waals surface area contributed by atoms with Crippen molar-refractivity contribution in [2.24, 2.45) is 0 Å². The number of carbonyl (C=O) groups excluding carboxylic acids is 1. The van der Waals surface area contributed by atoms with Crippen LogP contribution in [0, 0.1) is 0 Å². The van der Waals surface area contributed by atoms with Crippen molar-refractivity contribution in [2.75, 3.05) is 38.7 Å². The van der Waals surface area contributed by atoms with E-state index in [0.717, 1.165) is 81.2 Å². The summed E-state index contributed by atoms with van der Waals surface area (Å²) in [6.45, 7) is 5.08. The Labute approximate surface area is 191 Å². The number of para-hydroxylation sites is 1. The highest BCUT2D eigenvalue weighted by atomic mass is 16.5. The molecule has 2 aliphatic heterocycles. The van der Waals surface area contributed by atoms with Crippen LogP contribution in [0.1, 0.15) is 55.5 Å². The van der Waals surface area contributed by atoms with Crippen LogP contribution >= 0.6 is 0 Å². The number of anilines is 1. The van der Waals surface area contributed by atoms with Crippen LogP contribution in [0.2, 0.25) is 0 Å². The summed E-state index contributed by atoms with van der Waals surface area (Å²) in [6, 6.07) is 11.9. The lowest BCUT2D eigenvalue weighted by Gasteiger charge is -2.27. The SMILES string of the molecule is COc1ccccc1[C@H](C(C)=O)N1CC[C@@H](OCCCCc2ccc3c(n2)NCCC3)C1. The van der Waals surface area contributed by atoms with E-state index in [1.54, 1.807) is 14.0 Å². The number of carbonyl (C=O) groups is 1. The molecule has 2 aliphatic rings. The van der Waals surface area contributed by atoms with E-state index in [-0.39, 0.29) is 17.9 Å². The smallest absolute Gasteiger partial charge is 0.151 e. The number of methoxy groups -OCH3 is 1. The van der Waals surface area contributed by atoms with E-state index in [0.29, 0.717) is 0 Å². The molecule has 6 nitrogen and oxygen atoms in total. The molecular weight excluding hydrogens is 402 g/mol. The van der Waals surface area contributed by atoms with E-state index in [4.69, 9.17) is 14.5 Å². The molecule has 1 N–H and O–H groups in total. The fourth-order valence-electron chi connectivity index (χ4n) is 4.86. The average Bonchev–Trinajstić information content (AvgIpc) is 3.27. The molecule has 0 spiro atoms. The van der Waals surface area contributed by atoms with Crippen molar-refractivity contribution in [2.45, 2.75) is 57.6 Å². The third-order valence-electron chi connectivity index (χ3n) is 6.49. The van der Waals surface area contributed by atoms with E-state index >= 15 is 0 Å². The van der Waals surface area contributed by atoms with Crippen molar-refractivity contribution < 1.29 is 14.3 Å². The standard InChI is InChI=1S/C26H35N3O3/c1-19(30)25(23-10-3-4-11-24(23)31-2)29-16-14-22(18-29)32-17-6-5-9-21-13-12-20-8-7-15-27-26(20)28-21/h3-4,10-13,22,25H,5-9,14-18H2,1-2H3,(H,27,28)/t22-,25+/m1/s1. The molecule has 1 aromatic heterocycles. The van der Waals surface area contributed by atoms with E-state index in [9.17, 15) is 4.79 Å². The highest BCUT2D eigenvalue weighted by Gasteiger charge is 2.33. The Morgan fingerprint density at radius 1 is 1.25 bits per heavy atom. The third-order valence-corrected chi connectivity index (χ3v) is 6.49. The summed E-state index contributed by atoms with van der Waals surface area (Å²) >= 11 is 0. The third kappa shape index (κ3) is 5.48. The number of rotatable bonds is 10. The number of fused-ring (bicyclic) bond motifs is 1. The lowest BCUT2D eigenvalue weighted by molar-refractivity contribution is -0.122. The van der Waals surface area contributed by atoms with Crippen LogP contribution in [-0.4, -0.2) is 55.1 Å². The monoisotopic (exact) mass is 437 g/mol. The molecule has 1 saturated heterocycles. The molecule has 0 bridgehead atoms. The number of hydrogen-bond donors (Lipinski definition) is 1. The molecular formula is C26H35N3O3. The summed E-state index contributed by atoms with van der Waals surface area (Å²) in [5.74, 6) is 1.98. The zero-order valence-electron chi connectivity index (χ0n) is 19.3. The van der Waals surface area contributed by atoms with Crippen molar-refractivity contribution >= 4 is 11.6 Å². The Bertz CT molecular complexity index is 917. The molecule has 6 heteroatoms. The van der Waals surface area contributed by atoms with Gasteiger partial charge < -0.3 is 14.8 Å². The van der Waals surface area contributed by atoms with Gasteiger partial charge in [-0.2, -0.15) is 0 Å². The van der Waals surface area contributed by atoms with Gasteiger partial charge in [0.15, 0.2) is 5.78 Å². The first-order chi connectivity index (χ1) is 15.7. The minimum absolute atomic E-state index is 0.141. The maximum absolute atomic E-state index is 12.5. The topological polar surface area (TPSA) is 63.7 Å². The number of aryl methyl sites for hydroxylation is 2. The van der Waals surface area contributed by atoms with Gasteiger partial charge in [-0.05, 0) is 63.1 Å². The molecule has 2 atom stereocenters. The number of unbranched alkanes of at least 4 members (excludes halogenated alkanes) is 1. The summed E-state index contributed by atoms with van der Waals surface area (Å²) in [4.78, 5) is 19.5. The van der Waals surface area contributed by atoms with Crippen LogP contribution < -0.4 is 10.1 Å². The quantitative estimate of drug-likeness (QED) is 0.562. The molecule has 2 aromatic rings. The highest BCUT2D eigenvalue weighted by molar-refractivity contribution is 5.83. The lowest BCUT2D eigenvalue weighted by Crippen LogP contribution is -2.32. The zero-order valence-corrected chi connectivity index (χ0v) is 19.3. The molecule has 0 radical (unpaired) electrons. The first kappa shape index (κ1) is 22.7. The van der Waals surface area contributed by atoms with E-state index < -0.39 is 0 Å². The minimum Gasteiger partial charge on any atom is -0.496 e. The van der Waals surface area contributed by atoms with Crippen molar-refractivity contribution in [3.8, 4) is 5.75 Å². The summed E-state index contributed by atoms with van der Waals surface area (Å²) in [6.07, 6.45) is 6.52. The fraction of sp³-hybridized carbons (Fsp3) is 0.538. The normalized spacial score (nSPS) is 19.2. The van der Waals surface area contributed by atoms with E-state index in [1.807, 2.05) is 24.3 Å². The van der Waals surface area contributed by atoms with Gasteiger partial charge in [0.1, 0.15) is 11.6 Å². The maximum atomic E-state index is 12.5. The van der Waals surface area contributed by atoms with Crippen LogP contribution in [0.25, 0.3) is 0 Å². The van der Waals surface area contributed by atoms with Crippen molar-refractivity contribution in [3.05, 3.63) is 53.2 Å². The van der Waals surface area contributed by atoms with Crippen molar-refractivity contribution in [3.63, 3.8) is 0 Å². The van der Waals surface area contributed by atoms with Crippen LogP contribution in [0.3, 0.4) is 0 Å². The van der Waals surface area contributed by atoms with Crippen LogP contribution in [-0.2, 0) is 22.4 Å². The van der Waals surface area contributed by atoms with Crippen molar-refractivity contribution in [1.29, 1.82) is 0 Å². The molecule has 3 heterocycles. The number of hydrogen-bond acceptors (Lipinski definition) is 6. The van der Waals surface area contributed by atoms with Gasteiger partial charge in [-0.15, -0.1) is 0 Å². The Morgan fingerprint density at radius 2 is 2.12 bits per heavy atom. The number of pyridine rings is 1. The van der Waals surface area contributed by atoms with Crippen LogP contribution in [0.5, 0.6) is 5.75 Å². The number of ether oxygens (including phenoxy) is 2. The number of benzene rings is 1. The van der Waals surface area contributed by atoms with E-state index in [2.05, 4.69) is 22.3 Å².